The normalized spacial score (nSPS) is 11.1. The third kappa shape index (κ3) is 3.70. The molecule has 8 nitrogen and oxygen atoms in total. The molecule has 0 unspecified atom stereocenters. The van der Waals surface area contributed by atoms with Crippen molar-refractivity contribution in [1.29, 1.82) is 0 Å². The molecule has 0 aliphatic rings. The molecule has 154 valence electrons. The number of amides is 2. The van der Waals surface area contributed by atoms with Gasteiger partial charge < -0.3 is 24.5 Å². The van der Waals surface area contributed by atoms with E-state index in [1.165, 1.54) is 0 Å². The first-order chi connectivity index (χ1) is 13.8. The predicted octanol–water partition coefficient (Wildman–Crippen LogP) is 2.93. The molecule has 0 spiro atoms. The van der Waals surface area contributed by atoms with Crippen molar-refractivity contribution in [3.05, 3.63) is 30.0 Å². The molecule has 1 aromatic carbocycles. The van der Waals surface area contributed by atoms with Crippen LogP contribution in [0.3, 0.4) is 0 Å². The molecular weight excluding hydrogens is 370 g/mol. The summed E-state index contributed by atoms with van der Waals surface area (Å²) in [6, 6.07) is 5.63. The van der Waals surface area contributed by atoms with Crippen molar-refractivity contribution in [2.45, 2.75) is 20.8 Å². The lowest BCUT2D eigenvalue weighted by Crippen LogP contribution is -2.18. The van der Waals surface area contributed by atoms with Crippen LogP contribution in [0.1, 0.15) is 31.1 Å². The molecular formula is C21H27N5O3. The van der Waals surface area contributed by atoms with Gasteiger partial charge in [0.15, 0.2) is 11.6 Å². The number of anilines is 1. The summed E-state index contributed by atoms with van der Waals surface area (Å²) in [5.41, 5.74) is 3.53. The monoisotopic (exact) mass is 397 g/mol. The number of imidazole rings is 1. The smallest absolute Gasteiger partial charge is 0.256 e. The molecule has 0 bridgehead atoms. The zero-order valence-corrected chi connectivity index (χ0v) is 17.7. The third-order valence-electron chi connectivity index (χ3n) is 4.78. The van der Waals surface area contributed by atoms with Gasteiger partial charge in [0.05, 0.1) is 23.2 Å². The van der Waals surface area contributed by atoms with E-state index in [1.807, 2.05) is 62.2 Å². The summed E-state index contributed by atoms with van der Waals surface area (Å²) in [7, 11) is 5.37. The van der Waals surface area contributed by atoms with Crippen LogP contribution in [0.25, 0.3) is 22.6 Å². The molecule has 2 amide bonds. The zero-order chi connectivity index (χ0) is 21.3. The van der Waals surface area contributed by atoms with Crippen LogP contribution in [0.15, 0.2) is 24.4 Å². The fourth-order valence-corrected chi connectivity index (χ4v) is 3.23. The van der Waals surface area contributed by atoms with Gasteiger partial charge in [-0.25, -0.2) is 4.98 Å². The molecule has 3 rings (SSSR count). The molecule has 8 heteroatoms. The Kier molecular flexibility index (Phi) is 5.63. The van der Waals surface area contributed by atoms with E-state index in [0.717, 1.165) is 16.7 Å². The van der Waals surface area contributed by atoms with Crippen LogP contribution in [-0.4, -0.2) is 39.6 Å². The van der Waals surface area contributed by atoms with Crippen molar-refractivity contribution in [2.24, 2.45) is 20.0 Å². The number of aromatic nitrogens is 3. The van der Waals surface area contributed by atoms with E-state index in [2.05, 4.69) is 10.6 Å². The Labute approximate surface area is 169 Å². The van der Waals surface area contributed by atoms with Crippen LogP contribution in [0.5, 0.6) is 5.75 Å². The molecule has 0 aliphatic heterocycles. The number of hydrogen-bond acceptors (Lipinski definition) is 4. The topological polar surface area (TPSA) is 90.2 Å². The van der Waals surface area contributed by atoms with E-state index in [0.29, 0.717) is 29.4 Å². The third-order valence-corrected chi connectivity index (χ3v) is 4.78. The number of hydrogen-bond donors (Lipinski definition) is 2. The summed E-state index contributed by atoms with van der Waals surface area (Å²) in [5.74, 6) is 0.810. The van der Waals surface area contributed by atoms with Gasteiger partial charge in [-0.2, -0.15) is 0 Å². The van der Waals surface area contributed by atoms with Crippen molar-refractivity contribution >= 4 is 28.5 Å². The summed E-state index contributed by atoms with van der Waals surface area (Å²) < 4.78 is 9.63. The molecule has 0 fully saturated rings. The molecule has 0 saturated carbocycles. The van der Waals surface area contributed by atoms with Gasteiger partial charge in [-0.05, 0) is 25.1 Å². The van der Waals surface area contributed by atoms with Gasteiger partial charge >= 0.3 is 0 Å². The summed E-state index contributed by atoms with van der Waals surface area (Å²) in [5, 5.41) is 5.55. The summed E-state index contributed by atoms with van der Waals surface area (Å²) in [6.07, 6.45) is 1.74. The highest BCUT2D eigenvalue weighted by atomic mass is 16.5. The maximum absolute atomic E-state index is 12.3. The molecule has 0 saturated heterocycles. The average molecular weight is 397 g/mol. The predicted molar refractivity (Wildman–Crippen MR) is 113 cm³/mol. The zero-order valence-electron chi connectivity index (χ0n) is 17.7. The Morgan fingerprint density at radius 2 is 1.97 bits per heavy atom. The molecule has 2 N–H and O–H groups in total. The van der Waals surface area contributed by atoms with Crippen molar-refractivity contribution in [1.82, 2.24) is 19.4 Å². The van der Waals surface area contributed by atoms with E-state index in [4.69, 9.17) is 9.72 Å². The number of rotatable bonds is 6. The van der Waals surface area contributed by atoms with E-state index in [9.17, 15) is 9.59 Å². The molecule has 0 radical (unpaired) electrons. The first-order valence-electron chi connectivity index (χ1n) is 9.60. The second-order valence-corrected chi connectivity index (χ2v) is 7.19. The van der Waals surface area contributed by atoms with Crippen LogP contribution in [-0.2, 0) is 18.9 Å². The van der Waals surface area contributed by atoms with Crippen molar-refractivity contribution < 1.29 is 14.3 Å². The van der Waals surface area contributed by atoms with Gasteiger partial charge in [-0.1, -0.05) is 13.8 Å². The van der Waals surface area contributed by atoms with Crippen molar-refractivity contribution in [3.8, 4) is 17.3 Å². The van der Waals surface area contributed by atoms with Crippen molar-refractivity contribution in [3.63, 3.8) is 0 Å². The maximum atomic E-state index is 12.3. The second kappa shape index (κ2) is 7.98. The molecule has 2 aromatic heterocycles. The van der Waals surface area contributed by atoms with Crippen LogP contribution >= 0.6 is 0 Å². The van der Waals surface area contributed by atoms with Gasteiger partial charge in [0.1, 0.15) is 5.69 Å². The number of fused-ring (bicyclic) bond motifs is 1. The fraction of sp³-hybridized carbons (Fsp3) is 0.381. The van der Waals surface area contributed by atoms with Crippen LogP contribution in [0.2, 0.25) is 0 Å². The number of aryl methyl sites for hydroxylation is 2. The van der Waals surface area contributed by atoms with Crippen LogP contribution in [0, 0.1) is 5.92 Å². The van der Waals surface area contributed by atoms with E-state index < -0.39 is 0 Å². The Morgan fingerprint density at radius 1 is 1.24 bits per heavy atom. The highest BCUT2D eigenvalue weighted by Crippen LogP contribution is 2.36. The van der Waals surface area contributed by atoms with E-state index in [-0.39, 0.29) is 17.7 Å². The number of nitrogens with zero attached hydrogens (tertiary/aromatic N) is 3. The standard InChI is InChI=1S/C21H27N5O3/c1-7-29-18-14(21(28)22-4)11-25(5)17(18)19-24-15-10-13(23-20(27)12(2)3)8-9-16(15)26(19)6/h8-12H,7H2,1-6H3,(H,22,28)(H,23,27). The summed E-state index contributed by atoms with van der Waals surface area (Å²) >= 11 is 0. The molecule has 0 atom stereocenters. The largest absolute Gasteiger partial charge is 0.491 e. The van der Waals surface area contributed by atoms with Crippen molar-refractivity contribution in [2.75, 3.05) is 19.0 Å². The Hall–Kier alpha value is -3.29. The molecule has 29 heavy (non-hydrogen) atoms. The minimum atomic E-state index is -0.215. The number of carbonyl (C=O) groups excluding carboxylic acids is 2. The lowest BCUT2D eigenvalue weighted by molar-refractivity contribution is -0.118. The van der Waals surface area contributed by atoms with E-state index in [1.54, 1.807) is 13.2 Å². The summed E-state index contributed by atoms with van der Waals surface area (Å²) in [6.45, 7) is 6.00. The lowest BCUT2D eigenvalue weighted by atomic mass is 10.2. The number of benzene rings is 1. The second-order valence-electron chi connectivity index (χ2n) is 7.19. The molecule has 2 heterocycles. The Bertz CT molecular complexity index is 1080. The van der Waals surface area contributed by atoms with Crippen LogP contribution in [0.4, 0.5) is 5.69 Å². The highest BCUT2D eigenvalue weighted by molar-refractivity contribution is 5.99. The first kappa shape index (κ1) is 20.4. The van der Waals surface area contributed by atoms with E-state index >= 15 is 0 Å². The molecule has 0 aliphatic carbocycles. The molecule has 3 aromatic rings. The SMILES string of the molecule is CCOc1c(C(=O)NC)cn(C)c1-c1nc2cc(NC(=O)C(C)C)ccc2n1C. The van der Waals surface area contributed by atoms with Gasteiger partial charge in [-0.3, -0.25) is 9.59 Å². The highest BCUT2D eigenvalue weighted by Gasteiger charge is 2.25. The van der Waals surface area contributed by atoms with Crippen LogP contribution < -0.4 is 15.4 Å². The lowest BCUT2D eigenvalue weighted by Gasteiger charge is -2.09. The van der Waals surface area contributed by atoms with Gasteiger partial charge in [-0.15, -0.1) is 0 Å². The minimum Gasteiger partial charge on any atom is -0.491 e. The Balaban J connectivity index is 2.13. The van der Waals surface area contributed by atoms with Gasteiger partial charge in [0.2, 0.25) is 5.91 Å². The first-order valence-corrected chi connectivity index (χ1v) is 9.60. The average Bonchev–Trinajstić information content (AvgIpc) is 3.17. The minimum absolute atomic E-state index is 0.0446. The fourth-order valence-electron chi connectivity index (χ4n) is 3.23. The number of carbonyl (C=O) groups is 2. The summed E-state index contributed by atoms with van der Waals surface area (Å²) in [4.78, 5) is 29.1. The van der Waals surface area contributed by atoms with Gasteiger partial charge in [0.25, 0.3) is 5.91 Å². The Morgan fingerprint density at radius 3 is 2.59 bits per heavy atom. The van der Waals surface area contributed by atoms with Gasteiger partial charge in [0, 0.05) is 38.9 Å². The maximum Gasteiger partial charge on any atom is 0.256 e. The quantitative estimate of drug-likeness (QED) is 0.669. The number of nitrogens with one attached hydrogen (secondary N) is 2. The number of ether oxygens (including phenoxy) is 1.